The van der Waals surface area contributed by atoms with Crippen molar-refractivity contribution in [2.45, 2.75) is 30.7 Å². The van der Waals surface area contributed by atoms with Gasteiger partial charge >= 0.3 is 0 Å². The van der Waals surface area contributed by atoms with Crippen molar-refractivity contribution >= 4 is 15.7 Å². The van der Waals surface area contributed by atoms with Crippen molar-refractivity contribution in [2.75, 3.05) is 37.8 Å². The largest absolute Gasteiger partial charge is 0.357 e. The maximum Gasteiger partial charge on any atom is 0.179 e. The molecule has 0 spiro atoms. The Kier molecular flexibility index (Phi) is 4.65. The Morgan fingerprint density at radius 1 is 1.50 bits per heavy atom. The summed E-state index contributed by atoms with van der Waals surface area (Å²) in [5, 5.41) is 0. The van der Waals surface area contributed by atoms with Gasteiger partial charge in [0.05, 0.1) is 0 Å². The molecule has 0 bridgehead atoms. The van der Waals surface area contributed by atoms with E-state index in [1.165, 1.54) is 19.1 Å². The van der Waals surface area contributed by atoms with Gasteiger partial charge in [-0.3, -0.25) is 4.90 Å². The molecular weight excluding hydrogens is 274 g/mol. The Labute approximate surface area is 121 Å². The summed E-state index contributed by atoms with van der Waals surface area (Å²) in [6, 6.07) is 3.78. The number of likely N-dealkylation sites (N-methyl/N-ethyl adjacent to an activating group) is 2. The van der Waals surface area contributed by atoms with Crippen LogP contribution < -0.4 is 4.90 Å². The first-order valence-corrected chi connectivity index (χ1v) is 8.93. The van der Waals surface area contributed by atoms with Crippen molar-refractivity contribution in [3.05, 3.63) is 18.3 Å². The summed E-state index contributed by atoms with van der Waals surface area (Å²) in [5.41, 5.74) is 0. The number of sulfone groups is 1. The minimum Gasteiger partial charge on any atom is -0.357 e. The van der Waals surface area contributed by atoms with Gasteiger partial charge in [-0.05, 0) is 38.1 Å². The molecular formula is C14H23N3O2S. The van der Waals surface area contributed by atoms with Crippen LogP contribution in [0.1, 0.15) is 19.8 Å². The molecule has 1 saturated heterocycles. The molecule has 0 N–H and O–H groups in total. The van der Waals surface area contributed by atoms with E-state index in [0.29, 0.717) is 16.8 Å². The van der Waals surface area contributed by atoms with Crippen LogP contribution >= 0.6 is 0 Å². The lowest BCUT2D eigenvalue weighted by molar-refractivity contribution is 0.270. The molecule has 20 heavy (non-hydrogen) atoms. The van der Waals surface area contributed by atoms with Gasteiger partial charge in [-0.15, -0.1) is 0 Å². The van der Waals surface area contributed by atoms with E-state index in [0.717, 1.165) is 19.6 Å². The van der Waals surface area contributed by atoms with Crippen LogP contribution in [0.5, 0.6) is 0 Å². The van der Waals surface area contributed by atoms with Crippen molar-refractivity contribution in [3.8, 4) is 0 Å². The van der Waals surface area contributed by atoms with Crippen molar-refractivity contribution in [2.24, 2.45) is 0 Å². The van der Waals surface area contributed by atoms with E-state index < -0.39 is 9.84 Å². The van der Waals surface area contributed by atoms with Crippen LogP contribution in [0.2, 0.25) is 0 Å². The maximum absolute atomic E-state index is 11.8. The Morgan fingerprint density at radius 2 is 2.25 bits per heavy atom. The van der Waals surface area contributed by atoms with Gasteiger partial charge in [0.15, 0.2) is 9.84 Å². The fourth-order valence-corrected chi connectivity index (χ4v) is 3.75. The van der Waals surface area contributed by atoms with Crippen molar-refractivity contribution < 1.29 is 8.42 Å². The van der Waals surface area contributed by atoms with Crippen LogP contribution in [0.15, 0.2) is 23.2 Å². The highest BCUT2D eigenvalue weighted by molar-refractivity contribution is 7.90. The highest BCUT2D eigenvalue weighted by Crippen LogP contribution is 2.24. The predicted octanol–water partition coefficient (Wildman–Crippen LogP) is 1.41. The number of rotatable bonds is 5. The highest BCUT2D eigenvalue weighted by Gasteiger charge is 2.26. The number of hydrogen-bond acceptors (Lipinski definition) is 5. The molecule has 2 heterocycles. The molecule has 1 unspecified atom stereocenters. The van der Waals surface area contributed by atoms with Gasteiger partial charge in [-0.2, -0.15) is 0 Å². The van der Waals surface area contributed by atoms with E-state index in [1.807, 2.05) is 11.9 Å². The Balaban J connectivity index is 2.20. The third kappa shape index (κ3) is 3.30. The van der Waals surface area contributed by atoms with Gasteiger partial charge in [0.1, 0.15) is 10.7 Å². The molecule has 5 nitrogen and oxygen atoms in total. The first-order valence-electron chi connectivity index (χ1n) is 7.03. The van der Waals surface area contributed by atoms with Crippen LogP contribution in [0.4, 0.5) is 5.82 Å². The monoisotopic (exact) mass is 297 g/mol. The van der Waals surface area contributed by atoms with E-state index in [2.05, 4.69) is 16.8 Å². The highest BCUT2D eigenvalue weighted by atomic mass is 32.2. The molecule has 1 aliphatic heterocycles. The van der Waals surface area contributed by atoms with Crippen LogP contribution in [0.3, 0.4) is 0 Å². The van der Waals surface area contributed by atoms with Crippen molar-refractivity contribution in [1.29, 1.82) is 0 Å². The minimum absolute atomic E-state index is 0.309. The number of nitrogens with zero attached hydrogens (tertiary/aromatic N) is 3. The van der Waals surface area contributed by atoms with E-state index in [9.17, 15) is 8.42 Å². The fourth-order valence-electron chi connectivity index (χ4n) is 2.88. The van der Waals surface area contributed by atoms with E-state index in [-0.39, 0.29) is 0 Å². The summed E-state index contributed by atoms with van der Waals surface area (Å²) in [4.78, 5) is 8.99. The molecule has 0 aromatic carbocycles. The van der Waals surface area contributed by atoms with Gasteiger partial charge in [0, 0.05) is 32.1 Å². The normalized spacial score (nSPS) is 20.2. The second-order valence-corrected chi connectivity index (χ2v) is 7.39. The summed E-state index contributed by atoms with van der Waals surface area (Å²) in [6.45, 7) is 5.16. The van der Waals surface area contributed by atoms with Gasteiger partial charge in [-0.25, -0.2) is 13.4 Å². The molecule has 6 heteroatoms. The standard InChI is InChI=1S/C14H23N3O2S/c1-4-17-10-6-7-12(17)11-16(2)14-13(20(3,18)19)8-5-9-15-14/h5,8-9,12H,4,6-7,10-11H2,1-3H3. The fraction of sp³-hybridized carbons (Fsp3) is 0.643. The number of aromatic nitrogens is 1. The molecule has 1 aromatic heterocycles. The SMILES string of the molecule is CCN1CCCC1CN(C)c1ncccc1S(C)(=O)=O. The summed E-state index contributed by atoms with van der Waals surface area (Å²) in [5.74, 6) is 0.554. The molecule has 0 amide bonds. The van der Waals surface area contributed by atoms with Crippen LogP contribution in [0.25, 0.3) is 0 Å². The zero-order valence-electron chi connectivity index (χ0n) is 12.4. The second-order valence-electron chi connectivity index (χ2n) is 5.40. The van der Waals surface area contributed by atoms with Crippen LogP contribution in [0, 0.1) is 0 Å². The summed E-state index contributed by atoms with van der Waals surface area (Å²) in [6.07, 6.45) is 5.26. The smallest absolute Gasteiger partial charge is 0.179 e. The zero-order valence-corrected chi connectivity index (χ0v) is 13.2. The quantitative estimate of drug-likeness (QED) is 0.822. The molecule has 2 rings (SSSR count). The molecule has 1 aromatic rings. The zero-order chi connectivity index (χ0) is 14.8. The Bertz CT molecular complexity index is 559. The third-order valence-electron chi connectivity index (χ3n) is 3.90. The Morgan fingerprint density at radius 3 is 2.90 bits per heavy atom. The first-order chi connectivity index (χ1) is 9.43. The van der Waals surface area contributed by atoms with Gasteiger partial charge in [0.2, 0.25) is 0 Å². The summed E-state index contributed by atoms with van der Waals surface area (Å²) < 4.78 is 23.7. The van der Waals surface area contributed by atoms with E-state index in [4.69, 9.17) is 0 Å². The minimum atomic E-state index is -3.25. The molecule has 1 atom stereocenters. The molecule has 0 aliphatic carbocycles. The number of pyridine rings is 1. The summed E-state index contributed by atoms with van der Waals surface area (Å²) in [7, 11) is -1.33. The molecule has 1 aliphatic rings. The van der Waals surface area contributed by atoms with Crippen molar-refractivity contribution in [1.82, 2.24) is 9.88 Å². The van der Waals surface area contributed by atoms with Crippen molar-refractivity contribution in [3.63, 3.8) is 0 Å². The maximum atomic E-state index is 11.8. The van der Waals surface area contributed by atoms with Gasteiger partial charge < -0.3 is 4.90 Å². The van der Waals surface area contributed by atoms with Gasteiger partial charge in [-0.1, -0.05) is 6.92 Å². The molecule has 1 fully saturated rings. The molecule has 0 saturated carbocycles. The molecule has 0 radical (unpaired) electrons. The number of hydrogen-bond donors (Lipinski definition) is 0. The lowest BCUT2D eigenvalue weighted by atomic mass is 10.2. The topological polar surface area (TPSA) is 53.5 Å². The lowest BCUT2D eigenvalue weighted by Gasteiger charge is -2.29. The predicted molar refractivity (Wildman–Crippen MR) is 80.9 cm³/mol. The van der Waals surface area contributed by atoms with Crippen LogP contribution in [-0.2, 0) is 9.84 Å². The lowest BCUT2D eigenvalue weighted by Crippen LogP contribution is -2.39. The van der Waals surface area contributed by atoms with Crippen LogP contribution in [-0.4, -0.2) is 57.3 Å². The molecule has 112 valence electrons. The first kappa shape index (κ1) is 15.3. The average molecular weight is 297 g/mol. The average Bonchev–Trinajstić information content (AvgIpc) is 2.85. The van der Waals surface area contributed by atoms with E-state index >= 15 is 0 Å². The third-order valence-corrected chi connectivity index (χ3v) is 5.02. The summed E-state index contributed by atoms with van der Waals surface area (Å²) >= 11 is 0. The number of anilines is 1. The van der Waals surface area contributed by atoms with Gasteiger partial charge in [0.25, 0.3) is 0 Å². The second kappa shape index (κ2) is 6.10. The van der Waals surface area contributed by atoms with E-state index in [1.54, 1.807) is 18.3 Å². The number of likely N-dealkylation sites (tertiary alicyclic amines) is 1. The Hall–Kier alpha value is -1.14.